The molecular weight excluding hydrogens is 302 g/mol. The van der Waals surface area contributed by atoms with Gasteiger partial charge in [-0.05, 0) is 55.5 Å². The van der Waals surface area contributed by atoms with Gasteiger partial charge in [0, 0.05) is 17.4 Å². The van der Waals surface area contributed by atoms with Gasteiger partial charge in [0.05, 0.1) is 11.4 Å². The zero-order valence-electron chi connectivity index (χ0n) is 13.1. The quantitative estimate of drug-likeness (QED) is 0.777. The van der Waals surface area contributed by atoms with Gasteiger partial charge in [-0.15, -0.1) is 5.10 Å². The predicted molar refractivity (Wildman–Crippen MR) is 90.7 cm³/mol. The smallest absolute Gasteiger partial charge is 0.276 e. The molecule has 1 amide bonds. The molecule has 0 radical (unpaired) electrons. The largest absolute Gasteiger partial charge is 0.321 e. The lowest BCUT2D eigenvalue weighted by Gasteiger charge is -2.14. The van der Waals surface area contributed by atoms with E-state index in [1.165, 1.54) is 0 Å². The molecule has 1 aliphatic carbocycles. The monoisotopic (exact) mass is 319 g/mol. The number of aryl methyl sites for hydroxylation is 2. The minimum atomic E-state index is -0.238. The number of carbonyl (C=O) groups is 1. The molecule has 1 aliphatic rings. The summed E-state index contributed by atoms with van der Waals surface area (Å²) in [5.74, 6) is -0.238. The molecule has 0 unspecified atom stereocenters. The van der Waals surface area contributed by atoms with Gasteiger partial charge in [0.25, 0.3) is 5.91 Å². The van der Waals surface area contributed by atoms with E-state index in [2.05, 4.69) is 25.7 Å². The Morgan fingerprint density at radius 2 is 2.00 bits per heavy atom. The molecule has 2 heterocycles. The average molecular weight is 319 g/mol. The van der Waals surface area contributed by atoms with Crippen LogP contribution in [0.4, 0.5) is 5.69 Å². The van der Waals surface area contributed by atoms with Crippen molar-refractivity contribution < 1.29 is 4.79 Å². The Morgan fingerprint density at radius 1 is 1.08 bits per heavy atom. The van der Waals surface area contributed by atoms with Crippen molar-refractivity contribution >= 4 is 11.6 Å². The average Bonchev–Trinajstić information content (AvgIpc) is 3.16. The van der Waals surface area contributed by atoms with Gasteiger partial charge in [0.2, 0.25) is 0 Å². The molecule has 2 N–H and O–H groups in total. The van der Waals surface area contributed by atoms with Crippen molar-refractivity contribution in [1.29, 1.82) is 0 Å². The molecule has 4 rings (SSSR count). The second kappa shape index (κ2) is 6.23. The molecule has 24 heavy (non-hydrogen) atoms. The summed E-state index contributed by atoms with van der Waals surface area (Å²) in [7, 11) is 0. The molecule has 6 heteroatoms. The highest BCUT2D eigenvalue weighted by Gasteiger charge is 2.16. The number of nitrogens with one attached hydrogen (secondary N) is 2. The lowest BCUT2D eigenvalue weighted by molar-refractivity contribution is 0.102. The van der Waals surface area contributed by atoms with Crippen LogP contribution in [0.3, 0.4) is 0 Å². The van der Waals surface area contributed by atoms with E-state index in [0.717, 1.165) is 48.2 Å². The molecule has 0 bridgehead atoms. The lowest BCUT2D eigenvalue weighted by Crippen LogP contribution is -2.17. The molecule has 0 aliphatic heterocycles. The van der Waals surface area contributed by atoms with Crippen LogP contribution in [0.1, 0.15) is 34.6 Å². The standard InChI is InChI=1S/C18H17N5O/c24-18(17-11-13-4-1-2-7-15(13)22-23-17)20-14-6-3-5-12(10-14)16-8-9-19-21-16/h3,5-6,8-11H,1-2,4,7H2,(H,19,21)(H,20,24). The minimum absolute atomic E-state index is 0.238. The summed E-state index contributed by atoms with van der Waals surface area (Å²) in [5.41, 5.74) is 5.11. The highest BCUT2D eigenvalue weighted by Crippen LogP contribution is 2.22. The first-order valence-electron chi connectivity index (χ1n) is 8.06. The van der Waals surface area contributed by atoms with E-state index in [4.69, 9.17) is 0 Å². The van der Waals surface area contributed by atoms with Crippen LogP contribution in [-0.2, 0) is 12.8 Å². The van der Waals surface area contributed by atoms with Crippen LogP contribution in [0.25, 0.3) is 11.3 Å². The molecule has 0 atom stereocenters. The van der Waals surface area contributed by atoms with Gasteiger partial charge in [-0.1, -0.05) is 12.1 Å². The number of aromatic nitrogens is 4. The fourth-order valence-electron chi connectivity index (χ4n) is 2.98. The second-order valence-corrected chi connectivity index (χ2v) is 5.91. The summed E-state index contributed by atoms with van der Waals surface area (Å²) < 4.78 is 0. The first-order valence-corrected chi connectivity index (χ1v) is 8.06. The number of aromatic amines is 1. The van der Waals surface area contributed by atoms with Crippen molar-refractivity contribution in [3.63, 3.8) is 0 Å². The van der Waals surface area contributed by atoms with Gasteiger partial charge in [0.15, 0.2) is 5.69 Å². The molecule has 120 valence electrons. The molecule has 0 fully saturated rings. The molecule has 6 nitrogen and oxygen atoms in total. The highest BCUT2D eigenvalue weighted by atomic mass is 16.1. The third kappa shape index (κ3) is 2.90. The number of amides is 1. The Hall–Kier alpha value is -3.02. The van der Waals surface area contributed by atoms with Crippen LogP contribution in [0, 0.1) is 0 Å². The van der Waals surface area contributed by atoms with E-state index in [-0.39, 0.29) is 5.91 Å². The maximum Gasteiger partial charge on any atom is 0.276 e. The third-order valence-electron chi connectivity index (χ3n) is 4.23. The van der Waals surface area contributed by atoms with E-state index in [1.54, 1.807) is 6.20 Å². The summed E-state index contributed by atoms with van der Waals surface area (Å²) in [5, 5.41) is 18.1. The summed E-state index contributed by atoms with van der Waals surface area (Å²) in [6, 6.07) is 11.4. The summed E-state index contributed by atoms with van der Waals surface area (Å²) in [6.45, 7) is 0. The Bertz CT molecular complexity index is 873. The highest BCUT2D eigenvalue weighted by molar-refractivity contribution is 6.03. The summed E-state index contributed by atoms with van der Waals surface area (Å²) in [6.07, 6.45) is 5.92. The van der Waals surface area contributed by atoms with Crippen LogP contribution >= 0.6 is 0 Å². The lowest BCUT2D eigenvalue weighted by atomic mass is 9.96. The Balaban J connectivity index is 1.55. The first kappa shape index (κ1) is 14.6. The fourth-order valence-corrected chi connectivity index (χ4v) is 2.98. The predicted octanol–water partition coefficient (Wildman–Crippen LogP) is 3.00. The molecule has 3 aromatic rings. The van der Waals surface area contributed by atoms with Crippen molar-refractivity contribution in [2.75, 3.05) is 5.32 Å². The van der Waals surface area contributed by atoms with Crippen molar-refractivity contribution in [2.45, 2.75) is 25.7 Å². The van der Waals surface area contributed by atoms with E-state index < -0.39 is 0 Å². The fraction of sp³-hybridized carbons (Fsp3) is 0.222. The normalized spacial score (nSPS) is 13.3. The van der Waals surface area contributed by atoms with Gasteiger partial charge in [-0.2, -0.15) is 10.2 Å². The number of H-pyrrole nitrogens is 1. The van der Waals surface area contributed by atoms with E-state index in [9.17, 15) is 4.79 Å². The van der Waals surface area contributed by atoms with E-state index >= 15 is 0 Å². The number of carbonyl (C=O) groups excluding carboxylic acids is 1. The van der Waals surface area contributed by atoms with Gasteiger partial charge in [0.1, 0.15) is 0 Å². The third-order valence-corrected chi connectivity index (χ3v) is 4.23. The zero-order chi connectivity index (χ0) is 16.4. The number of nitrogens with zero attached hydrogens (tertiary/aromatic N) is 3. The topological polar surface area (TPSA) is 83.6 Å². The van der Waals surface area contributed by atoms with Crippen molar-refractivity contribution in [1.82, 2.24) is 20.4 Å². The van der Waals surface area contributed by atoms with Gasteiger partial charge >= 0.3 is 0 Å². The van der Waals surface area contributed by atoms with Crippen LogP contribution < -0.4 is 5.32 Å². The molecule has 0 spiro atoms. The first-order chi connectivity index (χ1) is 11.8. The maximum absolute atomic E-state index is 12.5. The number of rotatable bonds is 3. The van der Waals surface area contributed by atoms with E-state index in [1.807, 2.05) is 36.4 Å². The second-order valence-electron chi connectivity index (χ2n) is 5.91. The van der Waals surface area contributed by atoms with Crippen LogP contribution in [-0.4, -0.2) is 26.3 Å². The molecule has 0 saturated heterocycles. The SMILES string of the molecule is O=C(Nc1cccc(-c2ccn[nH]2)c1)c1cc2c(nn1)CCCC2. The van der Waals surface area contributed by atoms with Gasteiger partial charge in [-0.3, -0.25) is 9.89 Å². The number of benzene rings is 1. The zero-order valence-corrected chi connectivity index (χ0v) is 13.1. The van der Waals surface area contributed by atoms with Crippen LogP contribution in [0.15, 0.2) is 42.6 Å². The van der Waals surface area contributed by atoms with Gasteiger partial charge in [-0.25, -0.2) is 0 Å². The van der Waals surface area contributed by atoms with Crippen molar-refractivity contribution in [3.05, 3.63) is 59.5 Å². The van der Waals surface area contributed by atoms with Crippen molar-refractivity contribution in [3.8, 4) is 11.3 Å². The molecular formula is C18H17N5O. The van der Waals surface area contributed by atoms with Crippen LogP contribution in [0.5, 0.6) is 0 Å². The Labute approximate surface area is 139 Å². The number of hydrogen-bond donors (Lipinski definition) is 2. The molecule has 1 aromatic carbocycles. The van der Waals surface area contributed by atoms with Crippen molar-refractivity contribution in [2.24, 2.45) is 0 Å². The number of hydrogen-bond acceptors (Lipinski definition) is 4. The molecule has 2 aromatic heterocycles. The van der Waals surface area contributed by atoms with Gasteiger partial charge < -0.3 is 5.32 Å². The van der Waals surface area contributed by atoms with E-state index in [0.29, 0.717) is 11.4 Å². The summed E-state index contributed by atoms with van der Waals surface area (Å²) in [4.78, 5) is 12.5. The minimum Gasteiger partial charge on any atom is -0.321 e. The molecule has 0 saturated carbocycles. The number of anilines is 1. The maximum atomic E-state index is 12.5. The summed E-state index contributed by atoms with van der Waals surface area (Å²) >= 11 is 0. The Kier molecular flexibility index (Phi) is 3.78. The van der Waals surface area contributed by atoms with Crippen LogP contribution in [0.2, 0.25) is 0 Å². The Morgan fingerprint density at radius 3 is 2.88 bits per heavy atom. The number of fused-ring (bicyclic) bond motifs is 1.